The topological polar surface area (TPSA) is 24.1 Å². The van der Waals surface area contributed by atoms with Gasteiger partial charge < -0.3 is 10.6 Å². The number of anilines is 1. The van der Waals surface area contributed by atoms with Gasteiger partial charge in [0.25, 0.3) is 0 Å². The van der Waals surface area contributed by atoms with Gasteiger partial charge in [0.1, 0.15) is 0 Å². The summed E-state index contributed by atoms with van der Waals surface area (Å²) in [6, 6.07) is 8.70. The van der Waals surface area contributed by atoms with Gasteiger partial charge in [-0.2, -0.15) is 0 Å². The third-order valence-corrected chi connectivity index (χ3v) is 3.98. The lowest BCUT2D eigenvalue weighted by molar-refractivity contribution is 0.505. The van der Waals surface area contributed by atoms with Crippen LogP contribution in [0.4, 0.5) is 5.69 Å². The van der Waals surface area contributed by atoms with Gasteiger partial charge in [0, 0.05) is 23.7 Å². The van der Waals surface area contributed by atoms with Gasteiger partial charge in [-0.3, -0.25) is 0 Å². The molecule has 3 rings (SSSR count). The largest absolute Gasteiger partial charge is 0.384 e. The number of fused-ring (bicyclic) bond motifs is 1. The molecule has 0 bridgehead atoms. The van der Waals surface area contributed by atoms with Gasteiger partial charge in [-0.25, -0.2) is 0 Å². The first kappa shape index (κ1) is 10.2. The second-order valence-corrected chi connectivity index (χ2v) is 5.44. The van der Waals surface area contributed by atoms with Crippen molar-refractivity contribution in [3.05, 3.63) is 29.8 Å². The molecule has 0 spiro atoms. The van der Waals surface area contributed by atoms with Crippen LogP contribution in [0.25, 0.3) is 0 Å². The maximum absolute atomic E-state index is 3.66. The van der Waals surface area contributed by atoms with Crippen LogP contribution in [0.3, 0.4) is 0 Å². The maximum Gasteiger partial charge on any atom is 0.0376 e. The van der Waals surface area contributed by atoms with Crippen LogP contribution in [0, 0.1) is 0 Å². The van der Waals surface area contributed by atoms with Gasteiger partial charge >= 0.3 is 0 Å². The molecule has 0 amide bonds. The predicted molar refractivity (Wildman–Crippen MR) is 67.9 cm³/mol. The maximum atomic E-state index is 3.66. The monoisotopic (exact) mass is 216 g/mol. The van der Waals surface area contributed by atoms with Crippen molar-refractivity contribution in [3.8, 4) is 0 Å². The Balaban J connectivity index is 1.56. The average Bonchev–Trinajstić information content (AvgIpc) is 2.89. The van der Waals surface area contributed by atoms with E-state index in [4.69, 9.17) is 0 Å². The van der Waals surface area contributed by atoms with E-state index < -0.39 is 0 Å². The van der Waals surface area contributed by atoms with Crippen molar-refractivity contribution in [1.82, 2.24) is 5.32 Å². The van der Waals surface area contributed by atoms with E-state index in [1.807, 2.05) is 0 Å². The zero-order valence-corrected chi connectivity index (χ0v) is 9.92. The van der Waals surface area contributed by atoms with Crippen LogP contribution in [-0.4, -0.2) is 18.6 Å². The first-order chi connectivity index (χ1) is 7.77. The first-order valence-electron chi connectivity index (χ1n) is 6.35. The minimum absolute atomic E-state index is 0.478. The predicted octanol–water partition coefficient (Wildman–Crippen LogP) is 2.73. The van der Waals surface area contributed by atoms with Crippen molar-refractivity contribution in [2.24, 2.45) is 0 Å². The van der Waals surface area contributed by atoms with Crippen LogP contribution < -0.4 is 10.6 Å². The molecule has 1 heterocycles. The van der Waals surface area contributed by atoms with Gasteiger partial charge in [-0.15, -0.1) is 0 Å². The fraction of sp³-hybridized carbons (Fsp3) is 0.571. The molecular formula is C14H20N2. The zero-order chi connectivity index (χ0) is 11.0. The Labute approximate surface area is 97.4 Å². The van der Waals surface area contributed by atoms with Gasteiger partial charge in [0.15, 0.2) is 0 Å². The minimum Gasteiger partial charge on any atom is -0.384 e. The van der Waals surface area contributed by atoms with E-state index in [0.29, 0.717) is 11.5 Å². The molecule has 2 aliphatic rings. The summed E-state index contributed by atoms with van der Waals surface area (Å²) in [7, 11) is 0. The highest BCUT2D eigenvalue weighted by Gasteiger charge is 2.36. The van der Waals surface area contributed by atoms with Crippen LogP contribution in [0.5, 0.6) is 0 Å². The van der Waals surface area contributed by atoms with E-state index in [0.717, 1.165) is 13.1 Å². The Kier molecular flexibility index (Phi) is 2.40. The van der Waals surface area contributed by atoms with E-state index in [2.05, 4.69) is 41.8 Å². The van der Waals surface area contributed by atoms with E-state index in [1.54, 1.807) is 0 Å². The molecule has 1 unspecified atom stereocenters. The van der Waals surface area contributed by atoms with E-state index in [-0.39, 0.29) is 0 Å². The molecule has 1 fully saturated rings. The Morgan fingerprint density at radius 2 is 2.19 bits per heavy atom. The van der Waals surface area contributed by atoms with Crippen molar-refractivity contribution in [2.45, 2.75) is 37.6 Å². The van der Waals surface area contributed by atoms with Crippen molar-refractivity contribution < 1.29 is 0 Å². The first-order valence-corrected chi connectivity index (χ1v) is 6.35. The quantitative estimate of drug-likeness (QED) is 0.808. The van der Waals surface area contributed by atoms with Crippen molar-refractivity contribution >= 4 is 5.69 Å². The van der Waals surface area contributed by atoms with E-state index in [1.165, 1.54) is 30.5 Å². The Bertz CT molecular complexity index is 382. The highest BCUT2D eigenvalue weighted by Crippen LogP contribution is 2.36. The van der Waals surface area contributed by atoms with Gasteiger partial charge in [-0.05, 0) is 44.4 Å². The van der Waals surface area contributed by atoms with E-state index >= 15 is 0 Å². The Morgan fingerprint density at radius 1 is 1.38 bits per heavy atom. The lowest BCUT2D eigenvalue weighted by Gasteiger charge is -2.14. The molecule has 86 valence electrons. The molecule has 16 heavy (non-hydrogen) atoms. The van der Waals surface area contributed by atoms with E-state index in [9.17, 15) is 0 Å². The molecule has 1 aromatic carbocycles. The normalized spacial score (nSPS) is 24.9. The van der Waals surface area contributed by atoms with Crippen molar-refractivity contribution in [1.29, 1.82) is 0 Å². The second-order valence-electron chi connectivity index (χ2n) is 5.44. The molecule has 2 nitrogen and oxygen atoms in total. The van der Waals surface area contributed by atoms with Crippen molar-refractivity contribution in [2.75, 3.05) is 18.4 Å². The summed E-state index contributed by atoms with van der Waals surface area (Å²) in [5.41, 5.74) is 3.32. The molecular weight excluding hydrogens is 196 g/mol. The van der Waals surface area contributed by atoms with Crippen LogP contribution in [0.1, 0.15) is 37.7 Å². The minimum atomic E-state index is 0.478. The van der Waals surface area contributed by atoms with Crippen LogP contribution in [0.2, 0.25) is 0 Å². The van der Waals surface area contributed by atoms with Crippen molar-refractivity contribution in [3.63, 3.8) is 0 Å². The molecule has 1 aliphatic carbocycles. The fourth-order valence-electron chi connectivity index (χ4n) is 2.53. The number of hydrogen-bond acceptors (Lipinski definition) is 2. The lowest BCUT2D eigenvalue weighted by Crippen LogP contribution is -2.29. The molecule has 0 saturated heterocycles. The average molecular weight is 216 g/mol. The molecule has 0 aromatic heterocycles. The molecule has 1 aliphatic heterocycles. The molecule has 2 N–H and O–H groups in total. The Hall–Kier alpha value is -1.02. The molecule has 1 saturated carbocycles. The summed E-state index contributed by atoms with van der Waals surface area (Å²) in [6.45, 7) is 4.59. The summed E-state index contributed by atoms with van der Waals surface area (Å²) in [4.78, 5) is 0. The summed E-state index contributed by atoms with van der Waals surface area (Å²) in [5.74, 6) is 0.700. The Morgan fingerprint density at radius 3 is 3.00 bits per heavy atom. The summed E-state index contributed by atoms with van der Waals surface area (Å²) in [6.07, 6.45) is 3.96. The second kappa shape index (κ2) is 3.77. The lowest BCUT2D eigenvalue weighted by atomic mass is 9.98. The summed E-state index contributed by atoms with van der Waals surface area (Å²) in [5, 5.41) is 7.15. The van der Waals surface area contributed by atoms with Crippen LogP contribution in [0.15, 0.2) is 24.3 Å². The van der Waals surface area contributed by atoms with Crippen LogP contribution >= 0.6 is 0 Å². The van der Waals surface area contributed by atoms with Gasteiger partial charge in [0.2, 0.25) is 0 Å². The third-order valence-electron chi connectivity index (χ3n) is 3.98. The molecule has 0 radical (unpaired) electrons. The highest BCUT2D eigenvalue weighted by molar-refractivity contribution is 5.57. The molecule has 1 atom stereocenters. The SMILES string of the molecule is CC1(NCCC2CNc3ccccc32)CC1. The smallest absolute Gasteiger partial charge is 0.0376 e. The molecule has 2 heteroatoms. The van der Waals surface area contributed by atoms with Gasteiger partial charge in [0.05, 0.1) is 0 Å². The molecule has 1 aromatic rings. The number of hydrogen-bond donors (Lipinski definition) is 2. The highest BCUT2D eigenvalue weighted by atomic mass is 15.0. The standard InChI is InChI=1S/C14H20N2/c1-14(7-8-14)16-9-6-11-10-15-13-5-3-2-4-12(11)13/h2-5,11,15-16H,6-10H2,1H3. The zero-order valence-electron chi connectivity index (χ0n) is 9.92. The van der Waals surface area contributed by atoms with Gasteiger partial charge in [-0.1, -0.05) is 18.2 Å². The fourth-order valence-corrected chi connectivity index (χ4v) is 2.53. The number of nitrogens with one attached hydrogen (secondary N) is 2. The summed E-state index contributed by atoms with van der Waals surface area (Å²) >= 11 is 0. The summed E-state index contributed by atoms with van der Waals surface area (Å²) < 4.78 is 0. The number of benzene rings is 1. The number of rotatable bonds is 4. The number of para-hydroxylation sites is 1. The third kappa shape index (κ3) is 1.94. The van der Waals surface area contributed by atoms with Crippen LogP contribution in [-0.2, 0) is 0 Å².